The van der Waals surface area contributed by atoms with Gasteiger partial charge in [-0.2, -0.15) is 0 Å². The van der Waals surface area contributed by atoms with Crippen molar-refractivity contribution in [1.29, 1.82) is 0 Å². The quantitative estimate of drug-likeness (QED) is 0.166. The lowest BCUT2D eigenvalue weighted by molar-refractivity contribution is 0.124. The van der Waals surface area contributed by atoms with Crippen LogP contribution in [0.3, 0.4) is 0 Å². The Morgan fingerprint density at radius 2 is 1.19 bits per heavy atom. The molecular weight excluding hydrogens is 332 g/mol. The number of allylic oxidation sites excluding steroid dienone is 2. The molecule has 1 atom stereocenters. The Morgan fingerprint density at radius 3 is 1.78 bits per heavy atom. The average Bonchev–Trinajstić information content (AvgIpc) is 2.66. The number of ether oxygens (including phenoxy) is 1. The fourth-order valence-corrected chi connectivity index (χ4v) is 3.36. The van der Waals surface area contributed by atoms with Gasteiger partial charge in [0.2, 0.25) is 0 Å². The van der Waals surface area contributed by atoms with Crippen LogP contribution in [0, 0.1) is 0 Å². The molecule has 3 heteroatoms. The maximum Gasteiger partial charge on any atom is 0.0466 e. The van der Waals surface area contributed by atoms with Gasteiger partial charge in [0.15, 0.2) is 0 Å². The second kappa shape index (κ2) is 23.7. The summed E-state index contributed by atoms with van der Waals surface area (Å²) in [7, 11) is 0. The smallest absolute Gasteiger partial charge is 0.0466 e. The van der Waals surface area contributed by atoms with Gasteiger partial charge in [-0.1, -0.05) is 76.9 Å². The molecule has 27 heavy (non-hydrogen) atoms. The van der Waals surface area contributed by atoms with Crippen LogP contribution in [0.15, 0.2) is 12.2 Å². The van der Waals surface area contributed by atoms with Crippen molar-refractivity contribution >= 4 is 0 Å². The van der Waals surface area contributed by atoms with Crippen LogP contribution < -0.4 is 11.5 Å². The first kappa shape index (κ1) is 26.6. The zero-order valence-corrected chi connectivity index (χ0v) is 18.4. The second-order valence-corrected chi connectivity index (χ2v) is 8.03. The van der Waals surface area contributed by atoms with Crippen LogP contribution in [0.2, 0.25) is 0 Å². The van der Waals surface area contributed by atoms with Crippen molar-refractivity contribution < 1.29 is 4.74 Å². The molecule has 0 aliphatic rings. The molecule has 0 aliphatic heterocycles. The summed E-state index contributed by atoms with van der Waals surface area (Å²) in [5.41, 5.74) is 11.4. The van der Waals surface area contributed by atoms with E-state index in [9.17, 15) is 0 Å². The first-order chi connectivity index (χ1) is 13.3. The number of nitrogens with two attached hydrogens (primary N) is 2. The van der Waals surface area contributed by atoms with Crippen LogP contribution in [0.5, 0.6) is 0 Å². The van der Waals surface area contributed by atoms with E-state index in [4.69, 9.17) is 16.2 Å². The van der Waals surface area contributed by atoms with Gasteiger partial charge in [0.1, 0.15) is 0 Å². The maximum absolute atomic E-state index is 5.93. The fourth-order valence-electron chi connectivity index (χ4n) is 3.36. The van der Waals surface area contributed by atoms with Crippen molar-refractivity contribution in [3.8, 4) is 0 Å². The first-order valence-electron chi connectivity index (χ1n) is 12.0. The summed E-state index contributed by atoms with van der Waals surface area (Å²) < 4.78 is 5.69. The Bertz CT molecular complexity index is 294. The molecule has 4 N–H and O–H groups in total. The van der Waals surface area contributed by atoms with Gasteiger partial charge in [0, 0.05) is 19.3 Å². The summed E-state index contributed by atoms with van der Waals surface area (Å²) in [5, 5.41) is 0. The normalized spacial score (nSPS) is 12.9. The zero-order chi connectivity index (χ0) is 19.8. The Hall–Kier alpha value is -0.380. The van der Waals surface area contributed by atoms with Gasteiger partial charge in [-0.25, -0.2) is 0 Å². The average molecular weight is 383 g/mol. The van der Waals surface area contributed by atoms with Crippen molar-refractivity contribution in [3.63, 3.8) is 0 Å². The molecule has 1 unspecified atom stereocenters. The molecule has 0 aromatic heterocycles. The van der Waals surface area contributed by atoms with Gasteiger partial charge in [-0.15, -0.1) is 0 Å². The molecule has 0 amide bonds. The summed E-state index contributed by atoms with van der Waals surface area (Å²) in [6.45, 7) is 4.73. The van der Waals surface area contributed by atoms with Gasteiger partial charge in [-0.05, 0) is 57.9 Å². The van der Waals surface area contributed by atoms with E-state index in [0.717, 1.165) is 32.5 Å². The molecule has 0 saturated heterocycles. The zero-order valence-electron chi connectivity index (χ0n) is 18.4. The van der Waals surface area contributed by atoms with Crippen molar-refractivity contribution in [2.75, 3.05) is 19.8 Å². The van der Waals surface area contributed by atoms with Crippen molar-refractivity contribution in [2.24, 2.45) is 11.5 Å². The Labute approximate surface area is 170 Å². The first-order valence-corrected chi connectivity index (χ1v) is 12.0. The van der Waals surface area contributed by atoms with Gasteiger partial charge in [-0.3, -0.25) is 0 Å². The van der Waals surface area contributed by atoms with Crippen molar-refractivity contribution in [2.45, 2.75) is 122 Å². The van der Waals surface area contributed by atoms with Crippen molar-refractivity contribution in [3.05, 3.63) is 12.2 Å². The molecule has 0 fully saturated rings. The molecule has 162 valence electrons. The highest BCUT2D eigenvalue weighted by Gasteiger charge is 2.00. The lowest BCUT2D eigenvalue weighted by Crippen LogP contribution is -2.23. The minimum atomic E-state index is 0.254. The Kier molecular flexibility index (Phi) is 23.3. The van der Waals surface area contributed by atoms with E-state index in [1.54, 1.807) is 0 Å². The summed E-state index contributed by atoms with van der Waals surface area (Å²) in [6.07, 6.45) is 26.7. The third kappa shape index (κ3) is 23.6. The number of hydrogen-bond acceptors (Lipinski definition) is 3. The number of unbranched alkanes of at least 4 members (excludes halogenated alkanes) is 12. The minimum absolute atomic E-state index is 0.254. The highest BCUT2D eigenvalue weighted by atomic mass is 16.5. The summed E-state index contributed by atoms with van der Waals surface area (Å²) >= 11 is 0. The van der Waals surface area contributed by atoms with Crippen LogP contribution in [-0.2, 0) is 4.74 Å². The highest BCUT2D eigenvalue weighted by Crippen LogP contribution is 2.10. The molecule has 0 saturated carbocycles. The van der Waals surface area contributed by atoms with Crippen LogP contribution >= 0.6 is 0 Å². The second-order valence-electron chi connectivity index (χ2n) is 8.03. The Morgan fingerprint density at radius 1 is 0.667 bits per heavy atom. The topological polar surface area (TPSA) is 61.3 Å². The molecule has 0 spiro atoms. The summed E-state index contributed by atoms with van der Waals surface area (Å²) in [6, 6.07) is 0.254. The lowest BCUT2D eigenvalue weighted by atomic mass is 10.1. The Balaban J connectivity index is 3.09. The van der Waals surface area contributed by atoms with Gasteiger partial charge in [0.05, 0.1) is 0 Å². The van der Waals surface area contributed by atoms with E-state index < -0.39 is 0 Å². The molecular formula is C24H50N2O. The van der Waals surface area contributed by atoms with Crippen LogP contribution in [0.1, 0.15) is 116 Å². The van der Waals surface area contributed by atoms with E-state index >= 15 is 0 Å². The largest absolute Gasteiger partial charge is 0.381 e. The van der Waals surface area contributed by atoms with Gasteiger partial charge < -0.3 is 16.2 Å². The molecule has 0 aromatic rings. The van der Waals surface area contributed by atoms with Gasteiger partial charge >= 0.3 is 0 Å². The third-order valence-electron chi connectivity index (χ3n) is 5.20. The summed E-state index contributed by atoms with van der Waals surface area (Å²) in [4.78, 5) is 0. The standard InChI is InChI=1S/C24H50N2O/c1-2-3-4-5-6-7-8-9-10-11-12-13-14-15-16-17-22-27-23-18-19-24(26)20-21-25/h9-10,24H,2-8,11-23,25-26H2,1H3/b10-9-. The van der Waals surface area contributed by atoms with Crippen LogP contribution in [0.4, 0.5) is 0 Å². The molecule has 3 nitrogen and oxygen atoms in total. The van der Waals surface area contributed by atoms with Crippen molar-refractivity contribution in [1.82, 2.24) is 0 Å². The molecule has 0 heterocycles. The fraction of sp³-hybridized carbons (Fsp3) is 0.917. The van der Waals surface area contributed by atoms with E-state index in [2.05, 4.69) is 19.1 Å². The van der Waals surface area contributed by atoms with Gasteiger partial charge in [0.25, 0.3) is 0 Å². The van der Waals surface area contributed by atoms with Crippen LogP contribution in [0.25, 0.3) is 0 Å². The number of hydrogen-bond donors (Lipinski definition) is 2. The predicted octanol–water partition coefficient (Wildman–Crippen LogP) is 6.50. The van der Waals surface area contributed by atoms with E-state index in [1.165, 1.54) is 89.9 Å². The van der Waals surface area contributed by atoms with Crippen LogP contribution in [-0.4, -0.2) is 25.8 Å². The third-order valence-corrected chi connectivity index (χ3v) is 5.20. The van der Waals surface area contributed by atoms with E-state index in [1.807, 2.05) is 0 Å². The molecule has 0 rings (SSSR count). The minimum Gasteiger partial charge on any atom is -0.381 e. The molecule has 0 aromatic carbocycles. The molecule has 0 bridgehead atoms. The maximum atomic E-state index is 5.93. The van der Waals surface area contributed by atoms with E-state index in [-0.39, 0.29) is 6.04 Å². The SMILES string of the molecule is CCCCCCCC/C=C\CCCCCCCCOCCCC(N)CCN. The number of rotatable bonds is 22. The molecule has 0 aliphatic carbocycles. The highest BCUT2D eigenvalue weighted by molar-refractivity contribution is 4.81. The van der Waals surface area contributed by atoms with E-state index in [0.29, 0.717) is 6.54 Å². The molecule has 0 radical (unpaired) electrons. The lowest BCUT2D eigenvalue weighted by Gasteiger charge is -2.09. The monoisotopic (exact) mass is 382 g/mol. The predicted molar refractivity (Wildman–Crippen MR) is 121 cm³/mol. The summed E-state index contributed by atoms with van der Waals surface area (Å²) in [5.74, 6) is 0.